The summed E-state index contributed by atoms with van der Waals surface area (Å²) in [6, 6.07) is 1.87. The SMILES string of the molecule is O=C(O)CCN1CCN(Cc2ccno2)CC1. The molecule has 1 aromatic rings. The Balaban J connectivity index is 1.69. The van der Waals surface area contributed by atoms with Crippen LogP contribution in [0.2, 0.25) is 0 Å². The van der Waals surface area contributed by atoms with Crippen molar-refractivity contribution in [2.75, 3.05) is 32.7 Å². The van der Waals surface area contributed by atoms with Gasteiger partial charge in [-0.05, 0) is 0 Å². The summed E-state index contributed by atoms with van der Waals surface area (Å²) in [5.41, 5.74) is 0. The number of carbonyl (C=O) groups is 1. The minimum absolute atomic E-state index is 0.224. The van der Waals surface area contributed by atoms with E-state index >= 15 is 0 Å². The quantitative estimate of drug-likeness (QED) is 0.795. The number of nitrogens with zero attached hydrogens (tertiary/aromatic N) is 3. The van der Waals surface area contributed by atoms with Crippen LogP contribution in [0.15, 0.2) is 16.8 Å². The van der Waals surface area contributed by atoms with Crippen LogP contribution >= 0.6 is 0 Å². The highest BCUT2D eigenvalue weighted by Crippen LogP contribution is 2.07. The molecule has 1 saturated heterocycles. The molecular weight excluding hydrogens is 222 g/mol. The van der Waals surface area contributed by atoms with Gasteiger partial charge in [0, 0.05) is 38.8 Å². The average molecular weight is 239 g/mol. The third kappa shape index (κ3) is 3.83. The van der Waals surface area contributed by atoms with E-state index in [-0.39, 0.29) is 6.42 Å². The fourth-order valence-electron chi connectivity index (χ4n) is 1.97. The third-order valence-electron chi connectivity index (χ3n) is 2.98. The molecule has 0 bridgehead atoms. The zero-order chi connectivity index (χ0) is 12.1. The van der Waals surface area contributed by atoms with Crippen LogP contribution < -0.4 is 0 Å². The first-order valence-corrected chi connectivity index (χ1v) is 5.80. The summed E-state index contributed by atoms with van der Waals surface area (Å²) in [7, 11) is 0. The second-order valence-corrected chi connectivity index (χ2v) is 4.24. The highest BCUT2D eigenvalue weighted by atomic mass is 16.5. The summed E-state index contributed by atoms with van der Waals surface area (Å²) >= 11 is 0. The number of hydrogen-bond acceptors (Lipinski definition) is 5. The van der Waals surface area contributed by atoms with Gasteiger partial charge in [0.15, 0.2) is 5.76 Å². The molecule has 0 radical (unpaired) electrons. The lowest BCUT2D eigenvalue weighted by Gasteiger charge is -2.33. The van der Waals surface area contributed by atoms with Gasteiger partial charge in [-0.15, -0.1) is 0 Å². The van der Waals surface area contributed by atoms with Crippen molar-refractivity contribution in [2.45, 2.75) is 13.0 Å². The molecule has 2 rings (SSSR count). The lowest BCUT2D eigenvalue weighted by Crippen LogP contribution is -2.46. The number of hydrogen-bond donors (Lipinski definition) is 1. The monoisotopic (exact) mass is 239 g/mol. The highest BCUT2D eigenvalue weighted by Gasteiger charge is 2.18. The second kappa shape index (κ2) is 5.79. The van der Waals surface area contributed by atoms with E-state index in [1.54, 1.807) is 6.20 Å². The zero-order valence-corrected chi connectivity index (χ0v) is 9.71. The van der Waals surface area contributed by atoms with Crippen molar-refractivity contribution in [3.8, 4) is 0 Å². The Morgan fingerprint density at radius 2 is 2.06 bits per heavy atom. The fourth-order valence-corrected chi connectivity index (χ4v) is 1.97. The Hall–Kier alpha value is -1.40. The molecule has 6 nitrogen and oxygen atoms in total. The largest absolute Gasteiger partial charge is 0.481 e. The maximum atomic E-state index is 10.5. The van der Waals surface area contributed by atoms with Gasteiger partial charge >= 0.3 is 5.97 Å². The van der Waals surface area contributed by atoms with E-state index in [0.717, 1.165) is 38.5 Å². The molecule has 0 saturated carbocycles. The first-order chi connectivity index (χ1) is 8.24. The number of rotatable bonds is 5. The predicted molar refractivity (Wildman–Crippen MR) is 60.5 cm³/mol. The summed E-state index contributed by atoms with van der Waals surface area (Å²) in [6.45, 7) is 5.15. The van der Waals surface area contributed by atoms with Crippen molar-refractivity contribution in [1.82, 2.24) is 15.0 Å². The average Bonchev–Trinajstić information content (AvgIpc) is 2.81. The molecule has 0 unspecified atom stereocenters. The van der Waals surface area contributed by atoms with Gasteiger partial charge < -0.3 is 14.5 Å². The Labute approximate surface area is 99.8 Å². The van der Waals surface area contributed by atoms with E-state index in [9.17, 15) is 4.79 Å². The maximum Gasteiger partial charge on any atom is 0.304 e. The molecule has 0 spiro atoms. The predicted octanol–water partition coefficient (Wildman–Crippen LogP) is 0.267. The molecule has 94 valence electrons. The molecule has 1 N–H and O–H groups in total. The number of aliphatic carboxylic acids is 1. The van der Waals surface area contributed by atoms with Crippen molar-refractivity contribution in [2.24, 2.45) is 0 Å². The lowest BCUT2D eigenvalue weighted by atomic mass is 10.2. The van der Waals surface area contributed by atoms with Crippen LogP contribution in [-0.2, 0) is 11.3 Å². The summed E-state index contributed by atoms with van der Waals surface area (Å²) in [6.07, 6.45) is 1.88. The van der Waals surface area contributed by atoms with E-state index in [1.165, 1.54) is 0 Å². The third-order valence-corrected chi connectivity index (χ3v) is 2.98. The highest BCUT2D eigenvalue weighted by molar-refractivity contribution is 5.66. The van der Waals surface area contributed by atoms with Gasteiger partial charge in [-0.2, -0.15) is 0 Å². The van der Waals surface area contributed by atoms with Crippen LogP contribution in [-0.4, -0.2) is 58.8 Å². The molecular formula is C11H17N3O3. The Kier molecular flexibility index (Phi) is 4.11. The van der Waals surface area contributed by atoms with Gasteiger partial charge in [0.05, 0.1) is 19.2 Å². The van der Waals surface area contributed by atoms with Gasteiger partial charge in [-0.3, -0.25) is 9.69 Å². The first kappa shape index (κ1) is 12.1. The van der Waals surface area contributed by atoms with Gasteiger partial charge in [0.25, 0.3) is 0 Å². The molecule has 17 heavy (non-hydrogen) atoms. The molecule has 1 aliphatic heterocycles. The van der Waals surface area contributed by atoms with Gasteiger partial charge in [-0.25, -0.2) is 0 Å². The Morgan fingerprint density at radius 3 is 2.65 bits per heavy atom. The van der Waals surface area contributed by atoms with Crippen molar-refractivity contribution in [3.63, 3.8) is 0 Å². The van der Waals surface area contributed by atoms with Crippen molar-refractivity contribution < 1.29 is 14.4 Å². The molecule has 0 aliphatic carbocycles. The van der Waals surface area contributed by atoms with E-state index in [1.807, 2.05) is 6.07 Å². The van der Waals surface area contributed by atoms with E-state index in [0.29, 0.717) is 6.54 Å². The van der Waals surface area contributed by atoms with E-state index < -0.39 is 5.97 Å². The van der Waals surface area contributed by atoms with E-state index in [2.05, 4.69) is 15.0 Å². The maximum absolute atomic E-state index is 10.5. The minimum atomic E-state index is -0.728. The molecule has 0 amide bonds. The summed E-state index contributed by atoms with van der Waals surface area (Å²) in [4.78, 5) is 14.9. The van der Waals surface area contributed by atoms with Crippen LogP contribution in [0.4, 0.5) is 0 Å². The molecule has 2 heterocycles. The summed E-state index contributed by atoms with van der Waals surface area (Å²) < 4.78 is 5.06. The molecule has 1 aliphatic rings. The topological polar surface area (TPSA) is 69.8 Å². The Morgan fingerprint density at radius 1 is 1.35 bits per heavy atom. The smallest absolute Gasteiger partial charge is 0.304 e. The molecule has 1 fully saturated rings. The number of carboxylic acid groups (broad SMARTS) is 1. The van der Waals surface area contributed by atoms with Crippen molar-refractivity contribution in [1.29, 1.82) is 0 Å². The van der Waals surface area contributed by atoms with Crippen LogP contribution in [0, 0.1) is 0 Å². The van der Waals surface area contributed by atoms with Crippen LogP contribution in [0.1, 0.15) is 12.2 Å². The fraction of sp³-hybridized carbons (Fsp3) is 0.636. The van der Waals surface area contributed by atoms with Gasteiger partial charge in [0.1, 0.15) is 0 Å². The van der Waals surface area contributed by atoms with Crippen molar-refractivity contribution in [3.05, 3.63) is 18.0 Å². The van der Waals surface area contributed by atoms with Gasteiger partial charge in [-0.1, -0.05) is 5.16 Å². The second-order valence-electron chi connectivity index (χ2n) is 4.24. The first-order valence-electron chi connectivity index (χ1n) is 5.80. The Bertz CT molecular complexity index is 345. The zero-order valence-electron chi connectivity index (χ0n) is 9.71. The van der Waals surface area contributed by atoms with Gasteiger partial charge in [0.2, 0.25) is 0 Å². The van der Waals surface area contributed by atoms with Crippen LogP contribution in [0.25, 0.3) is 0 Å². The lowest BCUT2D eigenvalue weighted by molar-refractivity contribution is -0.137. The molecule has 0 aromatic carbocycles. The molecule has 0 atom stereocenters. The summed E-state index contributed by atoms with van der Waals surface area (Å²) in [5, 5.41) is 12.3. The minimum Gasteiger partial charge on any atom is -0.481 e. The molecule has 1 aromatic heterocycles. The van der Waals surface area contributed by atoms with Crippen molar-refractivity contribution >= 4 is 5.97 Å². The van der Waals surface area contributed by atoms with E-state index in [4.69, 9.17) is 9.63 Å². The van der Waals surface area contributed by atoms with Crippen LogP contribution in [0.5, 0.6) is 0 Å². The normalized spacial score (nSPS) is 18.4. The standard InChI is InChI=1S/C11H17N3O3/c15-11(16)2-4-13-5-7-14(8-6-13)9-10-1-3-12-17-10/h1,3H,2,4-9H2,(H,15,16). The van der Waals surface area contributed by atoms with Crippen LogP contribution in [0.3, 0.4) is 0 Å². The number of carboxylic acids is 1. The summed E-state index contributed by atoms with van der Waals surface area (Å²) in [5.74, 6) is 0.151. The number of aromatic nitrogens is 1. The number of piperazine rings is 1. The molecule has 6 heteroatoms.